The number of nitrogens with two attached hydrogens (primary N) is 1. The highest BCUT2D eigenvalue weighted by Crippen LogP contribution is 2.26. The van der Waals surface area contributed by atoms with Gasteiger partial charge in [0.2, 0.25) is 12.1 Å². The van der Waals surface area contributed by atoms with Crippen LogP contribution in [0.5, 0.6) is 0 Å². The van der Waals surface area contributed by atoms with Crippen LogP contribution in [0, 0.1) is 10.1 Å². The van der Waals surface area contributed by atoms with Crippen molar-refractivity contribution in [2.75, 3.05) is 5.32 Å². The lowest BCUT2D eigenvalue weighted by atomic mass is 10.2. The van der Waals surface area contributed by atoms with Gasteiger partial charge in [-0.25, -0.2) is 0 Å². The molecule has 0 saturated heterocycles. The molecule has 2 unspecified atom stereocenters. The van der Waals surface area contributed by atoms with Crippen LogP contribution in [0.25, 0.3) is 0 Å². The Labute approximate surface area is 92.8 Å². The molecule has 7 heteroatoms. The predicted octanol–water partition coefficient (Wildman–Crippen LogP) is 0.620. The third-order valence-corrected chi connectivity index (χ3v) is 2.98. The molecule has 88 valence electrons. The Morgan fingerprint density at radius 2 is 2.44 bits per heavy atom. The van der Waals surface area contributed by atoms with Gasteiger partial charge < -0.3 is 21.2 Å². The number of aromatic nitrogens is 2. The molecule has 1 aliphatic rings. The number of nitro groups is 1. The molecule has 1 aromatic rings. The quantitative estimate of drug-likeness (QED) is 0.580. The predicted molar refractivity (Wildman–Crippen MR) is 59.1 cm³/mol. The first-order chi connectivity index (χ1) is 7.59. The van der Waals surface area contributed by atoms with E-state index in [0.29, 0.717) is 5.82 Å². The first-order valence-corrected chi connectivity index (χ1v) is 5.27. The van der Waals surface area contributed by atoms with Crippen molar-refractivity contribution in [3.8, 4) is 0 Å². The summed E-state index contributed by atoms with van der Waals surface area (Å²) in [5.41, 5.74) is 5.91. The van der Waals surface area contributed by atoms with Crippen molar-refractivity contribution in [1.29, 1.82) is 0 Å². The van der Waals surface area contributed by atoms with E-state index in [-0.39, 0.29) is 17.9 Å². The highest BCUT2D eigenvalue weighted by Gasteiger charge is 2.28. The second-order valence-corrected chi connectivity index (χ2v) is 4.13. The van der Waals surface area contributed by atoms with Crippen LogP contribution in [-0.2, 0) is 7.05 Å². The van der Waals surface area contributed by atoms with Gasteiger partial charge in [-0.3, -0.25) is 4.57 Å². The highest BCUT2D eigenvalue weighted by atomic mass is 16.6. The molecule has 0 bridgehead atoms. The number of nitrogens with zero attached hydrogens (tertiary/aromatic N) is 3. The minimum absolute atomic E-state index is 0.0644. The van der Waals surface area contributed by atoms with Crippen LogP contribution < -0.4 is 11.1 Å². The van der Waals surface area contributed by atoms with E-state index in [9.17, 15) is 10.1 Å². The molecule has 16 heavy (non-hydrogen) atoms. The molecule has 1 aliphatic carbocycles. The van der Waals surface area contributed by atoms with Gasteiger partial charge in [0, 0.05) is 19.1 Å². The van der Waals surface area contributed by atoms with E-state index in [1.165, 1.54) is 6.33 Å². The van der Waals surface area contributed by atoms with Crippen molar-refractivity contribution in [1.82, 2.24) is 9.55 Å². The number of rotatable bonds is 3. The average Bonchev–Trinajstić information content (AvgIpc) is 2.76. The largest absolute Gasteiger partial charge is 0.406 e. The number of aryl methyl sites for hydroxylation is 1. The summed E-state index contributed by atoms with van der Waals surface area (Å²) in [5.74, 6) is 0.300. The molecule has 1 heterocycles. The molecule has 0 aliphatic heterocycles. The van der Waals surface area contributed by atoms with E-state index in [4.69, 9.17) is 5.73 Å². The second-order valence-electron chi connectivity index (χ2n) is 4.13. The Hall–Kier alpha value is -1.63. The maximum absolute atomic E-state index is 10.7. The molecule has 0 radical (unpaired) electrons. The highest BCUT2D eigenvalue weighted by molar-refractivity contribution is 5.53. The summed E-state index contributed by atoms with van der Waals surface area (Å²) in [4.78, 5) is 14.0. The zero-order valence-electron chi connectivity index (χ0n) is 9.09. The van der Waals surface area contributed by atoms with Crippen LogP contribution in [0.1, 0.15) is 19.3 Å². The summed E-state index contributed by atoms with van der Waals surface area (Å²) in [5, 5.41) is 13.9. The minimum Gasteiger partial charge on any atom is -0.360 e. The molecular formula is C9H15N5O2. The molecule has 2 rings (SSSR count). The topological polar surface area (TPSA) is 99.0 Å². The van der Waals surface area contributed by atoms with Crippen molar-refractivity contribution in [2.45, 2.75) is 31.3 Å². The molecule has 3 N–H and O–H groups in total. The lowest BCUT2D eigenvalue weighted by Gasteiger charge is -2.17. The van der Waals surface area contributed by atoms with Gasteiger partial charge >= 0.3 is 5.82 Å². The van der Waals surface area contributed by atoms with Gasteiger partial charge in [0.05, 0.1) is 0 Å². The molecule has 2 atom stereocenters. The number of nitrogens with one attached hydrogen (secondary N) is 1. The average molecular weight is 225 g/mol. The number of hydrogen-bond acceptors (Lipinski definition) is 5. The minimum atomic E-state index is -0.483. The van der Waals surface area contributed by atoms with Crippen LogP contribution >= 0.6 is 0 Å². The van der Waals surface area contributed by atoms with E-state index in [0.717, 1.165) is 19.3 Å². The standard InChI is InChI=1S/C9H15N5O2/c1-13-5-11-8(14(15)16)9(13)12-7-4-2-3-6(7)10/h5-7,12H,2-4,10H2,1H3. The van der Waals surface area contributed by atoms with Crippen LogP contribution in [0.4, 0.5) is 11.6 Å². The van der Waals surface area contributed by atoms with Gasteiger partial charge in [-0.1, -0.05) is 0 Å². The lowest BCUT2D eigenvalue weighted by Crippen LogP contribution is -2.35. The fourth-order valence-electron chi connectivity index (χ4n) is 2.06. The van der Waals surface area contributed by atoms with Crippen LogP contribution in [0.15, 0.2) is 6.33 Å². The third kappa shape index (κ3) is 1.85. The zero-order chi connectivity index (χ0) is 11.7. The maximum atomic E-state index is 10.7. The lowest BCUT2D eigenvalue weighted by molar-refractivity contribution is -0.388. The van der Waals surface area contributed by atoms with Gasteiger partial charge in [-0.2, -0.15) is 0 Å². The van der Waals surface area contributed by atoms with Crippen molar-refractivity contribution >= 4 is 11.6 Å². The second kappa shape index (κ2) is 4.09. The Morgan fingerprint density at radius 1 is 1.69 bits per heavy atom. The normalized spacial score (nSPS) is 24.6. The SMILES string of the molecule is Cn1cnc([N+](=O)[O-])c1NC1CCCC1N. The van der Waals surface area contributed by atoms with E-state index < -0.39 is 4.92 Å². The molecule has 1 fully saturated rings. The summed E-state index contributed by atoms with van der Waals surface area (Å²) in [6.07, 6.45) is 4.40. The number of hydrogen-bond donors (Lipinski definition) is 2. The van der Waals surface area contributed by atoms with Crippen molar-refractivity contribution < 1.29 is 4.92 Å². The summed E-state index contributed by atoms with van der Waals surface area (Å²) in [6, 6.07) is 0.170. The molecule has 0 spiro atoms. The number of imidazole rings is 1. The van der Waals surface area contributed by atoms with Crippen LogP contribution in [0.3, 0.4) is 0 Å². The molecule has 7 nitrogen and oxygen atoms in total. The maximum Gasteiger partial charge on any atom is 0.406 e. The summed E-state index contributed by atoms with van der Waals surface area (Å²) in [7, 11) is 1.73. The fraction of sp³-hybridized carbons (Fsp3) is 0.667. The van der Waals surface area contributed by atoms with Gasteiger partial charge in [-0.05, 0) is 29.2 Å². The summed E-state index contributed by atoms with van der Waals surface area (Å²) < 4.78 is 1.61. The van der Waals surface area contributed by atoms with Crippen molar-refractivity contribution in [2.24, 2.45) is 12.8 Å². The number of anilines is 1. The Balaban J connectivity index is 2.19. The monoisotopic (exact) mass is 225 g/mol. The molecule has 0 aromatic carbocycles. The van der Waals surface area contributed by atoms with Crippen molar-refractivity contribution in [3.05, 3.63) is 16.4 Å². The van der Waals surface area contributed by atoms with Gasteiger partial charge in [-0.15, -0.1) is 0 Å². The van der Waals surface area contributed by atoms with Crippen LogP contribution in [-0.4, -0.2) is 26.6 Å². The van der Waals surface area contributed by atoms with Crippen LogP contribution in [0.2, 0.25) is 0 Å². The Bertz CT molecular complexity index is 403. The first-order valence-electron chi connectivity index (χ1n) is 5.27. The fourth-order valence-corrected chi connectivity index (χ4v) is 2.06. The van der Waals surface area contributed by atoms with Gasteiger partial charge in [0.15, 0.2) is 0 Å². The van der Waals surface area contributed by atoms with E-state index in [1.54, 1.807) is 11.6 Å². The summed E-state index contributed by atoms with van der Waals surface area (Å²) >= 11 is 0. The van der Waals surface area contributed by atoms with E-state index in [1.807, 2.05) is 0 Å². The van der Waals surface area contributed by atoms with E-state index in [2.05, 4.69) is 10.3 Å². The first kappa shape index (κ1) is 10.9. The smallest absolute Gasteiger partial charge is 0.360 e. The van der Waals surface area contributed by atoms with E-state index >= 15 is 0 Å². The summed E-state index contributed by atoms with van der Waals surface area (Å²) in [6.45, 7) is 0. The Kier molecular flexibility index (Phi) is 2.78. The molecular weight excluding hydrogens is 210 g/mol. The zero-order valence-corrected chi connectivity index (χ0v) is 9.09. The van der Waals surface area contributed by atoms with Crippen molar-refractivity contribution in [3.63, 3.8) is 0 Å². The molecule has 1 saturated carbocycles. The van der Waals surface area contributed by atoms with Gasteiger partial charge in [0.25, 0.3) is 0 Å². The molecule has 0 amide bonds. The van der Waals surface area contributed by atoms with Gasteiger partial charge in [0.1, 0.15) is 0 Å². The third-order valence-electron chi connectivity index (χ3n) is 2.98. The Morgan fingerprint density at radius 3 is 3.00 bits per heavy atom. The molecule has 1 aromatic heterocycles.